The van der Waals surface area contributed by atoms with Crippen LogP contribution in [0, 0.1) is 37.5 Å². The fourth-order valence-electron chi connectivity index (χ4n) is 4.29. The molecule has 4 aliphatic carbocycles. The molecule has 0 nitrogen and oxygen atoms in total. The minimum atomic E-state index is 0. The van der Waals surface area contributed by atoms with Gasteiger partial charge in [0.2, 0.25) is 0 Å². The Labute approximate surface area is 97.1 Å². The van der Waals surface area contributed by atoms with Gasteiger partial charge in [-0.2, -0.15) is 5.41 Å². The molecule has 0 radical (unpaired) electrons. The molecule has 4 rings (SSSR count). The van der Waals surface area contributed by atoms with Crippen LogP contribution in [0.25, 0.3) is 0 Å². The van der Waals surface area contributed by atoms with Crippen molar-refractivity contribution in [2.45, 2.75) is 38.5 Å². The number of hydrogen-bond acceptors (Lipinski definition) is 0. The fraction of sp³-hybridized carbons (Fsp3) is 0.833. The summed E-state index contributed by atoms with van der Waals surface area (Å²) in [4.78, 5) is 0. The molecule has 0 aromatic rings. The molecule has 0 aromatic heterocycles. The van der Waals surface area contributed by atoms with Crippen molar-refractivity contribution in [2.24, 2.45) is 23.2 Å². The monoisotopic (exact) mass is 348 g/mol. The molecule has 0 saturated heterocycles. The normalized spacial score (nSPS) is 51.0. The van der Waals surface area contributed by atoms with Gasteiger partial charge in [-0.3, -0.25) is 0 Å². The van der Waals surface area contributed by atoms with Crippen LogP contribution in [0.3, 0.4) is 0 Å². The molecule has 0 amide bonds. The molecule has 4 bridgehead atoms. The molecule has 0 unspecified atom stereocenters. The van der Waals surface area contributed by atoms with E-state index in [0.717, 1.165) is 17.8 Å². The molecule has 0 N–H and O–H groups in total. The SMILES string of the molecule is [CH2-]C12CC3CC(CC(C3)C1)C2.[CH3-].[W+2]. The summed E-state index contributed by atoms with van der Waals surface area (Å²) in [6.45, 7) is 4.43. The summed E-state index contributed by atoms with van der Waals surface area (Å²) in [5.41, 5.74) is 0.550. The maximum atomic E-state index is 4.43. The topological polar surface area (TPSA) is 0 Å². The summed E-state index contributed by atoms with van der Waals surface area (Å²) in [6.07, 6.45) is 9.02. The van der Waals surface area contributed by atoms with Crippen LogP contribution in [-0.4, -0.2) is 0 Å². The van der Waals surface area contributed by atoms with Gasteiger partial charge in [-0.25, -0.2) is 0 Å². The largest absolute Gasteiger partial charge is 2.00 e. The van der Waals surface area contributed by atoms with Crippen LogP contribution in [0.2, 0.25) is 0 Å². The third-order valence-corrected chi connectivity index (χ3v) is 4.17. The molecule has 74 valence electrons. The van der Waals surface area contributed by atoms with Crippen LogP contribution in [-0.2, 0) is 21.1 Å². The first-order valence-corrected chi connectivity index (χ1v) is 5.09. The average Bonchev–Trinajstić information content (AvgIpc) is 1.79. The van der Waals surface area contributed by atoms with Crippen LogP contribution in [0.1, 0.15) is 38.5 Å². The van der Waals surface area contributed by atoms with Gasteiger partial charge >= 0.3 is 21.1 Å². The van der Waals surface area contributed by atoms with E-state index in [2.05, 4.69) is 6.92 Å². The van der Waals surface area contributed by atoms with E-state index in [-0.39, 0.29) is 28.5 Å². The Balaban J connectivity index is 0.000000422. The third-order valence-electron chi connectivity index (χ3n) is 4.17. The molecular weight excluding hydrogens is 328 g/mol. The standard InChI is InChI=1S/C11H17.CH3.W/c1-11-5-8-2-9(6-11)4-10(3-8)7-11;;/h8-10H,1-7H2;1H3;/q2*-1;+2. The predicted octanol–water partition coefficient (Wildman–Crippen LogP) is 3.48. The average molecular weight is 348 g/mol. The first-order chi connectivity index (χ1) is 5.23. The summed E-state index contributed by atoms with van der Waals surface area (Å²) < 4.78 is 0. The van der Waals surface area contributed by atoms with Crippen molar-refractivity contribution in [2.75, 3.05) is 0 Å². The first-order valence-electron chi connectivity index (χ1n) is 5.09. The summed E-state index contributed by atoms with van der Waals surface area (Å²) >= 11 is 0. The molecule has 4 fully saturated rings. The molecule has 1 heteroatoms. The van der Waals surface area contributed by atoms with Gasteiger partial charge in [-0.15, -0.1) is 0 Å². The Morgan fingerprint density at radius 1 is 0.846 bits per heavy atom. The van der Waals surface area contributed by atoms with E-state index in [4.69, 9.17) is 0 Å². The van der Waals surface area contributed by atoms with Gasteiger partial charge < -0.3 is 14.4 Å². The number of rotatable bonds is 0. The second-order valence-electron chi connectivity index (χ2n) is 5.42. The Morgan fingerprint density at radius 3 is 1.38 bits per heavy atom. The second-order valence-corrected chi connectivity index (χ2v) is 5.42. The van der Waals surface area contributed by atoms with Crippen LogP contribution in [0.5, 0.6) is 0 Å². The second kappa shape index (κ2) is 3.69. The zero-order valence-electron chi connectivity index (χ0n) is 8.59. The maximum Gasteiger partial charge on any atom is 2.00 e. The maximum absolute atomic E-state index is 4.43. The van der Waals surface area contributed by atoms with E-state index in [9.17, 15) is 0 Å². The molecule has 4 aliphatic rings. The molecule has 0 heterocycles. The van der Waals surface area contributed by atoms with E-state index in [0.29, 0.717) is 5.41 Å². The molecule has 0 atom stereocenters. The predicted molar refractivity (Wildman–Crippen MR) is 52.4 cm³/mol. The van der Waals surface area contributed by atoms with Crippen molar-refractivity contribution in [3.05, 3.63) is 14.4 Å². The molecular formula is C12H20W. The molecule has 0 aliphatic heterocycles. The van der Waals surface area contributed by atoms with Gasteiger partial charge in [0.05, 0.1) is 0 Å². The van der Waals surface area contributed by atoms with E-state index in [1.54, 1.807) is 19.3 Å². The van der Waals surface area contributed by atoms with E-state index in [1.807, 2.05) is 0 Å². The van der Waals surface area contributed by atoms with Gasteiger partial charge in [-0.1, -0.05) is 19.3 Å². The van der Waals surface area contributed by atoms with Gasteiger partial charge in [-0.05, 0) is 37.0 Å². The molecule has 0 aromatic carbocycles. The fourth-order valence-corrected chi connectivity index (χ4v) is 4.29. The van der Waals surface area contributed by atoms with Crippen LogP contribution >= 0.6 is 0 Å². The smallest absolute Gasteiger partial charge is 0.358 e. The summed E-state index contributed by atoms with van der Waals surface area (Å²) in [5.74, 6) is 3.25. The van der Waals surface area contributed by atoms with E-state index < -0.39 is 0 Å². The summed E-state index contributed by atoms with van der Waals surface area (Å²) in [7, 11) is 0. The van der Waals surface area contributed by atoms with Gasteiger partial charge in [0.1, 0.15) is 0 Å². The Kier molecular flexibility index (Phi) is 3.33. The van der Waals surface area contributed by atoms with Crippen LogP contribution < -0.4 is 0 Å². The molecule has 13 heavy (non-hydrogen) atoms. The van der Waals surface area contributed by atoms with Crippen molar-refractivity contribution in [3.63, 3.8) is 0 Å². The Morgan fingerprint density at radius 2 is 1.15 bits per heavy atom. The van der Waals surface area contributed by atoms with Gasteiger partial charge in [0.25, 0.3) is 0 Å². The summed E-state index contributed by atoms with van der Waals surface area (Å²) in [6, 6.07) is 0. The minimum absolute atomic E-state index is 0. The zero-order valence-corrected chi connectivity index (χ0v) is 11.5. The number of hydrogen-bond donors (Lipinski definition) is 0. The quantitative estimate of drug-likeness (QED) is 0.588. The van der Waals surface area contributed by atoms with Crippen molar-refractivity contribution >= 4 is 0 Å². The first kappa shape index (κ1) is 11.8. The summed E-state index contributed by atoms with van der Waals surface area (Å²) in [5, 5.41) is 0. The van der Waals surface area contributed by atoms with Crippen molar-refractivity contribution < 1.29 is 21.1 Å². The third kappa shape index (κ3) is 1.89. The van der Waals surface area contributed by atoms with Crippen LogP contribution in [0.4, 0.5) is 0 Å². The van der Waals surface area contributed by atoms with Gasteiger partial charge in [0, 0.05) is 0 Å². The van der Waals surface area contributed by atoms with Crippen molar-refractivity contribution in [1.82, 2.24) is 0 Å². The Hall–Kier alpha value is 0.688. The molecule has 0 spiro atoms. The van der Waals surface area contributed by atoms with Crippen LogP contribution in [0.15, 0.2) is 0 Å². The van der Waals surface area contributed by atoms with Gasteiger partial charge in [0.15, 0.2) is 0 Å². The van der Waals surface area contributed by atoms with E-state index >= 15 is 0 Å². The van der Waals surface area contributed by atoms with Crippen molar-refractivity contribution in [1.29, 1.82) is 0 Å². The zero-order chi connectivity index (χ0) is 7.47. The molecule has 4 saturated carbocycles. The van der Waals surface area contributed by atoms with E-state index in [1.165, 1.54) is 19.3 Å². The Bertz CT molecular complexity index is 150. The van der Waals surface area contributed by atoms with Crippen molar-refractivity contribution in [3.8, 4) is 0 Å². The minimum Gasteiger partial charge on any atom is -0.358 e.